The minimum Gasteiger partial charge on any atom is -0.462 e. The fourth-order valence-electron chi connectivity index (χ4n) is 4.98. The molecule has 0 saturated carbocycles. The van der Waals surface area contributed by atoms with Crippen molar-refractivity contribution in [2.75, 3.05) is 11.9 Å². The summed E-state index contributed by atoms with van der Waals surface area (Å²) in [7, 11) is 0. The molecular weight excluding hydrogens is 496 g/mol. The maximum absolute atomic E-state index is 13.6. The van der Waals surface area contributed by atoms with E-state index in [4.69, 9.17) is 14.1 Å². The zero-order valence-electron chi connectivity index (χ0n) is 21.0. The Balaban J connectivity index is 1.58. The van der Waals surface area contributed by atoms with Gasteiger partial charge < -0.3 is 14.5 Å². The predicted molar refractivity (Wildman–Crippen MR) is 150 cm³/mol. The highest BCUT2D eigenvalue weighted by molar-refractivity contribution is 7.16. The third kappa shape index (κ3) is 4.50. The number of hydrogen-bond donors (Lipinski definition) is 1. The zero-order chi connectivity index (χ0) is 26.1. The SMILES string of the molecule is CCOC(=O)c1c(N=c2oc3ccc4ccccc4c3cc2C(=O)Nc2ccccc2)sc2c1CCCC2. The van der Waals surface area contributed by atoms with Gasteiger partial charge >= 0.3 is 5.97 Å². The second-order valence-corrected chi connectivity index (χ2v) is 10.3. The Hall–Kier alpha value is -4.23. The molecule has 0 radical (unpaired) electrons. The summed E-state index contributed by atoms with van der Waals surface area (Å²) >= 11 is 1.48. The molecule has 0 bridgehead atoms. The van der Waals surface area contributed by atoms with E-state index in [-0.39, 0.29) is 24.0 Å². The molecule has 7 heteroatoms. The first-order valence-electron chi connectivity index (χ1n) is 12.8. The molecule has 0 unspecified atom stereocenters. The standard InChI is InChI=1S/C31H26N2O4S/c1-2-36-31(35)27-22-14-8-9-15-26(22)38-30(27)33-29-24(28(34)32-20-11-4-3-5-12-20)18-23-21-13-7-6-10-19(21)16-17-25(23)37-29/h3-7,10-13,16-18H,2,8-9,14-15H2,1H3,(H,32,34). The van der Waals surface area contributed by atoms with Crippen LogP contribution in [-0.4, -0.2) is 18.5 Å². The molecule has 0 fully saturated rings. The van der Waals surface area contributed by atoms with E-state index in [0.717, 1.165) is 52.3 Å². The Morgan fingerprint density at radius 2 is 1.76 bits per heavy atom. The average Bonchev–Trinajstić information content (AvgIpc) is 3.31. The van der Waals surface area contributed by atoms with Crippen molar-refractivity contribution in [3.05, 3.63) is 99.9 Å². The molecule has 0 spiro atoms. The van der Waals surface area contributed by atoms with Crippen molar-refractivity contribution in [2.45, 2.75) is 32.6 Å². The summed E-state index contributed by atoms with van der Waals surface area (Å²) in [6, 6.07) is 23.0. The zero-order valence-corrected chi connectivity index (χ0v) is 21.8. The van der Waals surface area contributed by atoms with Crippen molar-refractivity contribution in [1.82, 2.24) is 0 Å². The lowest BCUT2D eigenvalue weighted by atomic mass is 9.95. The highest BCUT2D eigenvalue weighted by Crippen LogP contribution is 2.40. The van der Waals surface area contributed by atoms with Crippen LogP contribution >= 0.6 is 11.3 Å². The van der Waals surface area contributed by atoms with Crippen molar-refractivity contribution in [3.63, 3.8) is 0 Å². The molecule has 1 aliphatic rings. The van der Waals surface area contributed by atoms with Crippen LogP contribution < -0.4 is 10.9 Å². The molecule has 3 aromatic carbocycles. The van der Waals surface area contributed by atoms with Crippen LogP contribution in [0, 0.1) is 0 Å². The van der Waals surface area contributed by atoms with Gasteiger partial charge in [-0.3, -0.25) is 4.79 Å². The Morgan fingerprint density at radius 1 is 0.974 bits per heavy atom. The summed E-state index contributed by atoms with van der Waals surface area (Å²) in [5.74, 6) is -0.722. The number of amides is 1. The molecule has 2 aromatic heterocycles. The van der Waals surface area contributed by atoms with E-state index >= 15 is 0 Å². The number of nitrogens with one attached hydrogen (secondary N) is 1. The fourth-order valence-corrected chi connectivity index (χ4v) is 6.22. The Labute approximate surface area is 223 Å². The number of rotatable bonds is 5. The number of nitrogens with zero attached hydrogens (tertiary/aromatic N) is 1. The van der Waals surface area contributed by atoms with Crippen LogP contribution in [0.4, 0.5) is 10.7 Å². The lowest BCUT2D eigenvalue weighted by Gasteiger charge is -2.12. The van der Waals surface area contributed by atoms with Crippen LogP contribution in [0.3, 0.4) is 0 Å². The number of benzene rings is 3. The number of fused-ring (bicyclic) bond motifs is 4. The third-order valence-corrected chi connectivity index (χ3v) is 7.95. The number of anilines is 1. The molecule has 0 saturated heterocycles. The van der Waals surface area contributed by atoms with Crippen molar-refractivity contribution >= 4 is 55.6 Å². The fraction of sp³-hybridized carbons (Fsp3) is 0.194. The molecule has 190 valence electrons. The third-order valence-electron chi connectivity index (χ3n) is 6.77. The number of carbonyl (C=O) groups excluding carboxylic acids is 2. The first kappa shape index (κ1) is 24.1. The minimum absolute atomic E-state index is 0.158. The summed E-state index contributed by atoms with van der Waals surface area (Å²) < 4.78 is 11.7. The lowest BCUT2D eigenvalue weighted by Crippen LogP contribution is -2.21. The monoisotopic (exact) mass is 522 g/mol. The van der Waals surface area contributed by atoms with E-state index in [9.17, 15) is 9.59 Å². The van der Waals surface area contributed by atoms with Gasteiger partial charge in [-0.25, -0.2) is 9.79 Å². The first-order valence-corrected chi connectivity index (χ1v) is 13.6. The highest BCUT2D eigenvalue weighted by Gasteiger charge is 2.27. The maximum atomic E-state index is 13.6. The molecule has 1 N–H and O–H groups in total. The summed E-state index contributed by atoms with van der Waals surface area (Å²) in [4.78, 5) is 32.6. The highest BCUT2D eigenvalue weighted by atomic mass is 32.1. The van der Waals surface area contributed by atoms with Crippen molar-refractivity contribution in [3.8, 4) is 0 Å². The number of aryl methyl sites for hydroxylation is 1. The Bertz CT molecular complexity index is 1750. The van der Waals surface area contributed by atoms with Gasteiger partial charge in [0.2, 0.25) is 5.55 Å². The van der Waals surface area contributed by atoms with Crippen LogP contribution in [0.5, 0.6) is 0 Å². The Kier molecular flexibility index (Phi) is 6.52. The molecule has 2 heterocycles. The second-order valence-electron chi connectivity index (χ2n) is 9.21. The van der Waals surface area contributed by atoms with E-state index in [1.54, 1.807) is 6.92 Å². The van der Waals surface area contributed by atoms with Crippen LogP contribution in [0.1, 0.15) is 50.9 Å². The maximum Gasteiger partial charge on any atom is 0.341 e. The minimum atomic E-state index is -0.382. The number of hydrogen-bond acceptors (Lipinski definition) is 6. The number of ether oxygens (including phenoxy) is 1. The van der Waals surface area contributed by atoms with E-state index < -0.39 is 0 Å². The molecule has 6 nitrogen and oxygen atoms in total. The van der Waals surface area contributed by atoms with Gasteiger partial charge in [-0.15, -0.1) is 11.3 Å². The summed E-state index contributed by atoms with van der Waals surface area (Å²) in [6.07, 6.45) is 3.82. The van der Waals surface area contributed by atoms with Gasteiger partial charge in [0.1, 0.15) is 16.1 Å². The van der Waals surface area contributed by atoms with Crippen LogP contribution in [0.15, 0.2) is 82.2 Å². The largest absolute Gasteiger partial charge is 0.462 e. The second kappa shape index (κ2) is 10.3. The summed E-state index contributed by atoms with van der Waals surface area (Å²) in [5, 5.41) is 6.32. The lowest BCUT2D eigenvalue weighted by molar-refractivity contribution is 0.0526. The van der Waals surface area contributed by atoms with Crippen molar-refractivity contribution in [1.29, 1.82) is 0 Å². The number of para-hydroxylation sites is 1. The van der Waals surface area contributed by atoms with Crippen molar-refractivity contribution < 1.29 is 18.7 Å². The summed E-state index contributed by atoms with van der Waals surface area (Å²) in [6.45, 7) is 2.07. The van der Waals surface area contributed by atoms with Gasteiger partial charge in [-0.05, 0) is 73.2 Å². The van der Waals surface area contributed by atoms with E-state index in [2.05, 4.69) is 5.32 Å². The molecule has 0 aliphatic heterocycles. The molecule has 38 heavy (non-hydrogen) atoms. The van der Waals surface area contributed by atoms with Crippen molar-refractivity contribution in [2.24, 2.45) is 4.99 Å². The molecule has 1 amide bonds. The van der Waals surface area contributed by atoms with E-state index in [1.165, 1.54) is 11.3 Å². The topological polar surface area (TPSA) is 80.9 Å². The Morgan fingerprint density at radius 3 is 2.61 bits per heavy atom. The first-order chi connectivity index (χ1) is 18.6. The average molecular weight is 523 g/mol. The van der Waals surface area contributed by atoms with Gasteiger partial charge in [0.25, 0.3) is 5.91 Å². The van der Waals surface area contributed by atoms with Gasteiger partial charge in [0, 0.05) is 16.0 Å². The molecule has 1 aliphatic carbocycles. The normalized spacial score (nSPS) is 13.4. The molecule has 0 atom stereocenters. The van der Waals surface area contributed by atoms with Crippen LogP contribution in [0.25, 0.3) is 21.7 Å². The number of carbonyl (C=O) groups is 2. The molecule has 6 rings (SSSR count). The number of esters is 1. The van der Waals surface area contributed by atoms with Gasteiger partial charge in [0.05, 0.1) is 12.2 Å². The quantitative estimate of drug-likeness (QED) is 0.196. The van der Waals surface area contributed by atoms with E-state index in [0.29, 0.717) is 27.4 Å². The smallest absolute Gasteiger partial charge is 0.341 e. The summed E-state index contributed by atoms with van der Waals surface area (Å²) in [5.41, 5.74) is 3.23. The van der Waals surface area contributed by atoms with Gasteiger partial charge in [0.15, 0.2) is 0 Å². The van der Waals surface area contributed by atoms with Gasteiger partial charge in [-0.1, -0.05) is 48.5 Å². The van der Waals surface area contributed by atoms with Crippen LogP contribution in [0.2, 0.25) is 0 Å². The number of thiophene rings is 1. The molecular formula is C31H26N2O4S. The van der Waals surface area contributed by atoms with Crippen LogP contribution in [-0.2, 0) is 17.6 Å². The molecule has 5 aromatic rings. The van der Waals surface area contributed by atoms with Gasteiger partial charge in [-0.2, -0.15) is 0 Å². The van der Waals surface area contributed by atoms with E-state index in [1.807, 2.05) is 72.8 Å². The predicted octanol–water partition coefficient (Wildman–Crippen LogP) is 7.19.